The summed E-state index contributed by atoms with van der Waals surface area (Å²) in [6, 6.07) is 15.3. The number of carboxylic acid groups (broad SMARTS) is 1. The normalized spacial score (nSPS) is 26.5. The van der Waals surface area contributed by atoms with Gasteiger partial charge in [0.2, 0.25) is 12.6 Å². The summed E-state index contributed by atoms with van der Waals surface area (Å²) in [5.74, 6) is -5.66. The first kappa shape index (κ1) is 45.6. The van der Waals surface area contributed by atoms with Crippen LogP contribution in [0.15, 0.2) is 65.1 Å². The summed E-state index contributed by atoms with van der Waals surface area (Å²) < 4.78 is 46.0. The summed E-state index contributed by atoms with van der Waals surface area (Å²) in [6.45, 7) is 2.14. The van der Waals surface area contributed by atoms with Gasteiger partial charge in [-0.25, -0.2) is 4.79 Å². The Labute approximate surface area is 355 Å². The van der Waals surface area contributed by atoms with Gasteiger partial charge in [-0.1, -0.05) is 57.3 Å². The average Bonchev–Trinajstić information content (AvgIpc) is 3.17. The number of ether oxygens (including phenoxy) is 8. The highest BCUT2D eigenvalue weighted by Gasteiger charge is 2.53. The first-order chi connectivity index (χ1) is 27.9. The molecule has 0 spiro atoms. The number of carboxylic acids is 1. The fraction of sp³-hybridized carbons (Fsp3) is 0.410. The highest BCUT2D eigenvalue weighted by Crippen LogP contribution is 2.38. The first-order valence-electron chi connectivity index (χ1n) is 17.8. The van der Waals surface area contributed by atoms with E-state index in [1.54, 1.807) is 24.3 Å². The quantitative estimate of drug-likeness (QED) is 0.132. The van der Waals surface area contributed by atoms with Crippen LogP contribution in [0.3, 0.4) is 0 Å². The Morgan fingerprint density at radius 3 is 1.90 bits per heavy atom. The summed E-state index contributed by atoms with van der Waals surface area (Å²) in [5, 5.41) is 41.7. The fourth-order valence-corrected chi connectivity index (χ4v) is 7.25. The van der Waals surface area contributed by atoms with Crippen LogP contribution >= 0.6 is 39.1 Å². The Hall–Kier alpha value is -4.53. The van der Waals surface area contributed by atoms with E-state index in [1.807, 2.05) is 0 Å². The van der Waals surface area contributed by atoms with E-state index in [0.717, 1.165) is 20.8 Å². The Morgan fingerprint density at radius 1 is 0.678 bits per heavy atom. The predicted octanol–water partition coefficient (Wildman–Crippen LogP) is 4.09. The van der Waals surface area contributed by atoms with Crippen molar-refractivity contribution in [3.8, 4) is 22.6 Å². The molecule has 0 radical (unpaired) electrons. The van der Waals surface area contributed by atoms with Gasteiger partial charge in [0, 0.05) is 25.2 Å². The molecule has 0 unspecified atom stereocenters. The number of esters is 4. The maximum Gasteiger partial charge on any atom is 0.335 e. The van der Waals surface area contributed by atoms with Gasteiger partial charge in [-0.2, -0.15) is 0 Å². The molecule has 3 aromatic rings. The van der Waals surface area contributed by atoms with Crippen LogP contribution in [0.2, 0.25) is 10.0 Å². The van der Waals surface area contributed by atoms with Crippen LogP contribution in [0.4, 0.5) is 0 Å². The van der Waals surface area contributed by atoms with Gasteiger partial charge in [0.1, 0.15) is 55.2 Å². The molecule has 10 atom stereocenters. The number of hydrogen-bond donors (Lipinski definition) is 4. The molecule has 0 bridgehead atoms. The molecule has 2 aliphatic rings. The first-order valence-corrected chi connectivity index (χ1v) is 19.4. The molecule has 0 amide bonds. The van der Waals surface area contributed by atoms with Crippen LogP contribution < -0.4 is 9.47 Å². The molecular weight excluding hydrogens is 891 g/mol. The Bertz CT molecular complexity index is 2030. The molecule has 0 aromatic heterocycles. The summed E-state index contributed by atoms with van der Waals surface area (Å²) in [4.78, 5) is 61.4. The van der Waals surface area contributed by atoms with Crippen molar-refractivity contribution in [3.63, 3.8) is 0 Å². The second-order valence-electron chi connectivity index (χ2n) is 13.4. The fourth-order valence-electron chi connectivity index (χ4n) is 6.31. The van der Waals surface area contributed by atoms with Gasteiger partial charge < -0.3 is 58.3 Å². The standard InChI is InChI=1S/C39H39BrCl2O17/c1-17(43)52-16-30-36(55-19(3)45)35(54-18(2)44)24(38(59-30)56-28-10-8-23(40)13-26(28)42)14-31(46)53-15-29-32(47)33(48)34(49)39(58-29)57-27-9-7-21(12-25(27)41)20-5-4-6-22(11-20)37(50)51/h4-13,24,29-30,32-36,38-39,47-49H,14-16H2,1-3H3,(H,50,51)/t24-,29+,30+,32+,33-,34-,35-,36-,38-,39-/m0/s1. The number of aliphatic hydroxyl groups is 3. The van der Waals surface area contributed by atoms with Crippen molar-refractivity contribution in [3.05, 3.63) is 80.7 Å². The minimum Gasteiger partial charge on any atom is -0.478 e. The highest BCUT2D eigenvalue weighted by molar-refractivity contribution is 9.10. The molecular formula is C39H39BrCl2O17. The summed E-state index contributed by atoms with van der Waals surface area (Å²) in [6.07, 6.45) is -14.8. The number of aliphatic hydroxyl groups excluding tert-OH is 3. The number of aromatic carboxylic acids is 1. The van der Waals surface area contributed by atoms with E-state index in [-0.39, 0.29) is 27.1 Å². The molecule has 2 saturated heterocycles. The van der Waals surface area contributed by atoms with E-state index in [0.29, 0.717) is 15.6 Å². The topological polar surface area (TPSA) is 240 Å². The summed E-state index contributed by atoms with van der Waals surface area (Å²) in [7, 11) is 0. The maximum absolute atomic E-state index is 13.6. The number of rotatable bonds is 14. The number of hydrogen-bond acceptors (Lipinski definition) is 16. The molecule has 2 heterocycles. The van der Waals surface area contributed by atoms with Gasteiger partial charge in [-0.3, -0.25) is 19.2 Å². The number of carbonyl (C=O) groups excluding carboxylic acids is 4. The zero-order valence-electron chi connectivity index (χ0n) is 31.4. The van der Waals surface area contributed by atoms with Gasteiger partial charge in [-0.05, 0) is 53.6 Å². The maximum atomic E-state index is 13.6. The molecule has 0 aliphatic carbocycles. The van der Waals surface area contributed by atoms with Crippen molar-refractivity contribution < 1.29 is 82.3 Å². The van der Waals surface area contributed by atoms with E-state index in [1.165, 1.54) is 36.4 Å². The van der Waals surface area contributed by atoms with Crippen molar-refractivity contribution in [2.45, 2.75) is 82.5 Å². The third-order valence-corrected chi connectivity index (χ3v) is 10.1. The second-order valence-corrected chi connectivity index (χ2v) is 15.1. The monoisotopic (exact) mass is 928 g/mol. The van der Waals surface area contributed by atoms with Crippen LogP contribution in [0.25, 0.3) is 11.1 Å². The molecule has 3 aromatic carbocycles. The SMILES string of the molecule is CC(=O)OC[C@H]1O[C@H](Oc2ccc(Br)cc2Cl)[C@@H](CC(=O)OC[C@H]2O[C@H](Oc3ccc(-c4cccc(C(=O)O)c4)cc3Cl)[C@@H](O)[C@@H](O)[C@@H]2O)[C@H](OC(C)=O)[C@H]1OC(C)=O. The molecule has 318 valence electrons. The molecule has 59 heavy (non-hydrogen) atoms. The molecule has 0 saturated carbocycles. The number of halogens is 3. The van der Waals surface area contributed by atoms with Gasteiger partial charge in [0.05, 0.1) is 27.9 Å². The minimum absolute atomic E-state index is 0.00624. The molecule has 2 fully saturated rings. The number of carbonyl (C=O) groups is 5. The predicted molar refractivity (Wildman–Crippen MR) is 206 cm³/mol. The highest BCUT2D eigenvalue weighted by atomic mass is 79.9. The van der Waals surface area contributed by atoms with Gasteiger partial charge in [0.15, 0.2) is 12.2 Å². The zero-order valence-corrected chi connectivity index (χ0v) is 34.5. The smallest absolute Gasteiger partial charge is 0.335 e. The van der Waals surface area contributed by atoms with Gasteiger partial charge in [0.25, 0.3) is 0 Å². The van der Waals surface area contributed by atoms with E-state index in [2.05, 4.69) is 15.9 Å². The van der Waals surface area contributed by atoms with Crippen molar-refractivity contribution in [1.29, 1.82) is 0 Å². The zero-order chi connectivity index (χ0) is 43.1. The lowest BCUT2D eigenvalue weighted by Gasteiger charge is -2.44. The van der Waals surface area contributed by atoms with E-state index in [9.17, 15) is 44.4 Å². The Morgan fingerprint density at radius 2 is 1.27 bits per heavy atom. The molecule has 17 nitrogen and oxygen atoms in total. The lowest BCUT2D eigenvalue weighted by molar-refractivity contribution is -0.280. The van der Waals surface area contributed by atoms with Crippen LogP contribution in [0, 0.1) is 5.92 Å². The van der Waals surface area contributed by atoms with E-state index in [4.69, 9.17) is 61.1 Å². The average molecular weight is 931 g/mol. The third-order valence-electron chi connectivity index (χ3n) is 9.06. The molecule has 2 aliphatic heterocycles. The van der Waals surface area contributed by atoms with Crippen molar-refractivity contribution in [2.24, 2.45) is 5.92 Å². The third kappa shape index (κ3) is 11.8. The van der Waals surface area contributed by atoms with Gasteiger partial charge in [-0.15, -0.1) is 0 Å². The Kier molecular flexibility index (Phi) is 15.6. The van der Waals surface area contributed by atoms with Crippen LogP contribution in [0.1, 0.15) is 37.6 Å². The van der Waals surface area contributed by atoms with E-state index >= 15 is 0 Å². The van der Waals surface area contributed by atoms with E-state index < -0.39 is 111 Å². The second kappa shape index (κ2) is 20.2. The lowest BCUT2D eigenvalue weighted by atomic mass is 9.87. The Balaban J connectivity index is 1.34. The van der Waals surface area contributed by atoms with Crippen molar-refractivity contribution in [1.82, 2.24) is 0 Å². The molecule has 20 heteroatoms. The van der Waals surface area contributed by atoms with Gasteiger partial charge >= 0.3 is 29.8 Å². The molecule has 4 N–H and O–H groups in total. The van der Waals surface area contributed by atoms with Crippen molar-refractivity contribution >= 4 is 69.0 Å². The largest absolute Gasteiger partial charge is 0.478 e. The minimum atomic E-state index is -1.85. The number of benzene rings is 3. The summed E-state index contributed by atoms with van der Waals surface area (Å²) in [5.41, 5.74) is 1.15. The van der Waals surface area contributed by atoms with Crippen LogP contribution in [-0.2, 0) is 47.6 Å². The lowest BCUT2D eigenvalue weighted by Crippen LogP contribution is -2.61. The summed E-state index contributed by atoms with van der Waals surface area (Å²) >= 11 is 16.2. The molecule has 5 rings (SSSR count). The van der Waals surface area contributed by atoms with Crippen molar-refractivity contribution in [2.75, 3.05) is 13.2 Å². The van der Waals surface area contributed by atoms with Crippen LogP contribution in [-0.4, -0.2) is 119 Å². The van der Waals surface area contributed by atoms with Crippen LogP contribution in [0.5, 0.6) is 11.5 Å².